The van der Waals surface area contributed by atoms with E-state index in [1.165, 1.54) is 24.9 Å². The van der Waals surface area contributed by atoms with Crippen molar-refractivity contribution in [2.75, 3.05) is 19.6 Å². The van der Waals surface area contributed by atoms with Crippen LogP contribution in [0.2, 0.25) is 0 Å². The molecule has 0 spiro atoms. The Morgan fingerprint density at radius 1 is 1.21 bits per heavy atom. The number of hydrogen-bond donors (Lipinski definition) is 1. The highest BCUT2D eigenvalue weighted by molar-refractivity contribution is 5.18. The SMILES string of the molecule is CC(C)CC1CNCCCN1C(C)c1ccccc1. The Hall–Kier alpha value is -0.860. The highest BCUT2D eigenvalue weighted by Crippen LogP contribution is 2.26. The van der Waals surface area contributed by atoms with Crippen LogP contribution in [0.15, 0.2) is 30.3 Å². The van der Waals surface area contributed by atoms with Crippen molar-refractivity contribution < 1.29 is 0 Å². The molecular weight excluding hydrogens is 232 g/mol. The zero-order valence-corrected chi connectivity index (χ0v) is 12.6. The Morgan fingerprint density at radius 2 is 1.95 bits per heavy atom. The summed E-state index contributed by atoms with van der Waals surface area (Å²) in [5, 5.41) is 3.60. The summed E-state index contributed by atoms with van der Waals surface area (Å²) in [4.78, 5) is 2.70. The highest BCUT2D eigenvalue weighted by Gasteiger charge is 2.26. The van der Waals surface area contributed by atoms with Crippen LogP contribution in [0.25, 0.3) is 0 Å². The minimum atomic E-state index is 0.518. The third-order valence-electron chi connectivity index (χ3n) is 4.14. The molecule has 0 radical (unpaired) electrons. The molecule has 2 unspecified atom stereocenters. The molecule has 0 amide bonds. The van der Waals surface area contributed by atoms with Gasteiger partial charge in [-0.25, -0.2) is 0 Å². The van der Waals surface area contributed by atoms with E-state index < -0.39 is 0 Å². The van der Waals surface area contributed by atoms with E-state index in [0.29, 0.717) is 12.1 Å². The van der Waals surface area contributed by atoms with Gasteiger partial charge in [-0.3, -0.25) is 4.90 Å². The third-order valence-corrected chi connectivity index (χ3v) is 4.14. The lowest BCUT2D eigenvalue weighted by Crippen LogP contribution is -2.42. The second-order valence-corrected chi connectivity index (χ2v) is 6.17. The molecule has 0 bridgehead atoms. The number of benzene rings is 1. The Balaban J connectivity index is 2.12. The molecule has 19 heavy (non-hydrogen) atoms. The van der Waals surface area contributed by atoms with Crippen molar-refractivity contribution in [1.82, 2.24) is 10.2 Å². The Bertz CT molecular complexity index is 361. The molecular formula is C17H28N2. The Morgan fingerprint density at radius 3 is 2.63 bits per heavy atom. The minimum absolute atomic E-state index is 0.518. The van der Waals surface area contributed by atoms with Crippen LogP contribution in [0.5, 0.6) is 0 Å². The topological polar surface area (TPSA) is 15.3 Å². The molecule has 1 aliphatic heterocycles. The first-order chi connectivity index (χ1) is 9.18. The van der Waals surface area contributed by atoms with E-state index in [1.54, 1.807) is 0 Å². The Labute approximate surface area is 118 Å². The molecule has 1 aromatic rings. The van der Waals surface area contributed by atoms with E-state index in [9.17, 15) is 0 Å². The predicted octanol–water partition coefficient (Wildman–Crippen LogP) is 3.46. The lowest BCUT2D eigenvalue weighted by atomic mass is 9.98. The molecule has 1 N–H and O–H groups in total. The molecule has 2 heteroatoms. The lowest BCUT2D eigenvalue weighted by molar-refractivity contribution is 0.136. The summed E-state index contributed by atoms with van der Waals surface area (Å²) >= 11 is 0. The van der Waals surface area contributed by atoms with Gasteiger partial charge < -0.3 is 5.32 Å². The summed E-state index contributed by atoms with van der Waals surface area (Å²) in [5.41, 5.74) is 1.44. The predicted molar refractivity (Wildman–Crippen MR) is 82.3 cm³/mol. The van der Waals surface area contributed by atoms with Gasteiger partial charge in [-0.2, -0.15) is 0 Å². The molecule has 1 fully saturated rings. The molecule has 2 nitrogen and oxygen atoms in total. The van der Waals surface area contributed by atoms with Gasteiger partial charge in [0.25, 0.3) is 0 Å². The van der Waals surface area contributed by atoms with Gasteiger partial charge in [0.15, 0.2) is 0 Å². The van der Waals surface area contributed by atoms with Gasteiger partial charge in [0.2, 0.25) is 0 Å². The van der Waals surface area contributed by atoms with Crippen LogP contribution >= 0.6 is 0 Å². The first-order valence-corrected chi connectivity index (χ1v) is 7.70. The van der Waals surface area contributed by atoms with Crippen LogP contribution in [0, 0.1) is 5.92 Å². The van der Waals surface area contributed by atoms with Crippen molar-refractivity contribution >= 4 is 0 Å². The maximum Gasteiger partial charge on any atom is 0.0323 e. The van der Waals surface area contributed by atoms with Crippen molar-refractivity contribution in [1.29, 1.82) is 0 Å². The maximum atomic E-state index is 3.60. The first-order valence-electron chi connectivity index (χ1n) is 7.70. The second kappa shape index (κ2) is 7.06. The van der Waals surface area contributed by atoms with Crippen molar-refractivity contribution in [2.45, 2.75) is 45.7 Å². The fourth-order valence-electron chi connectivity index (χ4n) is 3.15. The Kier molecular flexibility index (Phi) is 5.41. The van der Waals surface area contributed by atoms with Crippen molar-refractivity contribution in [3.8, 4) is 0 Å². The summed E-state index contributed by atoms with van der Waals surface area (Å²) in [6.45, 7) is 10.5. The molecule has 2 rings (SSSR count). The fraction of sp³-hybridized carbons (Fsp3) is 0.647. The number of rotatable bonds is 4. The monoisotopic (exact) mass is 260 g/mol. The second-order valence-electron chi connectivity index (χ2n) is 6.17. The van der Waals surface area contributed by atoms with Crippen LogP contribution in [0.4, 0.5) is 0 Å². The fourth-order valence-corrected chi connectivity index (χ4v) is 3.15. The first kappa shape index (κ1) is 14.5. The normalized spacial score (nSPS) is 23.3. The van der Waals surface area contributed by atoms with Crippen LogP contribution < -0.4 is 5.32 Å². The van der Waals surface area contributed by atoms with Crippen LogP contribution in [0.1, 0.15) is 45.2 Å². The van der Waals surface area contributed by atoms with E-state index >= 15 is 0 Å². The van der Waals surface area contributed by atoms with Crippen molar-refractivity contribution in [3.05, 3.63) is 35.9 Å². The van der Waals surface area contributed by atoms with E-state index in [0.717, 1.165) is 19.0 Å². The van der Waals surface area contributed by atoms with Crippen LogP contribution in [-0.2, 0) is 0 Å². The molecule has 1 saturated heterocycles. The lowest BCUT2D eigenvalue weighted by Gasteiger charge is -2.36. The van der Waals surface area contributed by atoms with E-state index in [1.807, 2.05) is 0 Å². The zero-order chi connectivity index (χ0) is 13.7. The van der Waals surface area contributed by atoms with Crippen LogP contribution in [-0.4, -0.2) is 30.6 Å². The summed E-state index contributed by atoms with van der Waals surface area (Å²) in [5.74, 6) is 0.760. The average molecular weight is 260 g/mol. The molecule has 0 aliphatic carbocycles. The third kappa shape index (κ3) is 4.05. The molecule has 1 aliphatic rings. The van der Waals surface area contributed by atoms with Gasteiger partial charge in [-0.15, -0.1) is 0 Å². The smallest absolute Gasteiger partial charge is 0.0323 e. The van der Waals surface area contributed by atoms with E-state index in [2.05, 4.69) is 61.3 Å². The van der Waals surface area contributed by atoms with Gasteiger partial charge in [-0.1, -0.05) is 44.2 Å². The van der Waals surface area contributed by atoms with Gasteiger partial charge in [0.1, 0.15) is 0 Å². The van der Waals surface area contributed by atoms with Crippen LogP contribution in [0.3, 0.4) is 0 Å². The van der Waals surface area contributed by atoms with Crippen molar-refractivity contribution in [3.63, 3.8) is 0 Å². The van der Waals surface area contributed by atoms with E-state index in [-0.39, 0.29) is 0 Å². The quantitative estimate of drug-likeness (QED) is 0.892. The van der Waals surface area contributed by atoms with E-state index in [4.69, 9.17) is 0 Å². The van der Waals surface area contributed by atoms with Crippen molar-refractivity contribution in [2.24, 2.45) is 5.92 Å². The summed E-state index contributed by atoms with van der Waals surface area (Å²) < 4.78 is 0. The van der Waals surface area contributed by atoms with Gasteiger partial charge in [0, 0.05) is 25.2 Å². The standard InChI is InChI=1S/C17H28N2/c1-14(2)12-17-13-18-10-7-11-19(17)15(3)16-8-5-4-6-9-16/h4-6,8-9,14-15,17-18H,7,10-13H2,1-3H3. The summed E-state index contributed by atoms with van der Waals surface area (Å²) in [6, 6.07) is 12.1. The average Bonchev–Trinajstić information content (AvgIpc) is 2.64. The zero-order valence-electron chi connectivity index (χ0n) is 12.6. The van der Waals surface area contributed by atoms with Gasteiger partial charge in [-0.05, 0) is 37.8 Å². The highest BCUT2D eigenvalue weighted by atomic mass is 15.2. The molecule has 106 valence electrons. The molecule has 2 atom stereocenters. The molecule has 1 aromatic carbocycles. The number of nitrogens with one attached hydrogen (secondary N) is 1. The molecule has 0 aromatic heterocycles. The van der Waals surface area contributed by atoms with Gasteiger partial charge >= 0.3 is 0 Å². The molecule has 0 saturated carbocycles. The summed E-state index contributed by atoms with van der Waals surface area (Å²) in [7, 11) is 0. The van der Waals surface area contributed by atoms with Gasteiger partial charge in [0.05, 0.1) is 0 Å². The number of hydrogen-bond acceptors (Lipinski definition) is 2. The molecule has 1 heterocycles. The summed E-state index contributed by atoms with van der Waals surface area (Å²) in [6.07, 6.45) is 2.54. The number of nitrogens with zero attached hydrogens (tertiary/aromatic N) is 1. The minimum Gasteiger partial charge on any atom is -0.315 e. The maximum absolute atomic E-state index is 3.60. The largest absolute Gasteiger partial charge is 0.315 e.